The number of pyridine rings is 2. The van der Waals surface area contributed by atoms with Crippen LogP contribution in [0.4, 0.5) is 0 Å². The lowest BCUT2D eigenvalue weighted by molar-refractivity contribution is 0.307. The summed E-state index contributed by atoms with van der Waals surface area (Å²) in [5, 5.41) is 10.8. The molecular weight excluding hydrogens is 399 g/mol. The van der Waals surface area contributed by atoms with Crippen LogP contribution in [0.15, 0.2) is 53.6 Å². The number of aryl methyl sites for hydroxylation is 2. The number of halogens is 2. The van der Waals surface area contributed by atoms with Crippen molar-refractivity contribution < 1.29 is 9.84 Å². The molecule has 2 aromatic heterocycles. The number of nitrogens with zero attached hydrogens (tertiary/aromatic N) is 2. The number of hydrogen-bond acceptors (Lipinski definition) is 4. The van der Waals surface area contributed by atoms with Gasteiger partial charge in [-0.25, -0.2) is 4.98 Å². The molecule has 0 amide bonds. The minimum Gasteiger partial charge on any atom is -0.508 e. The summed E-state index contributed by atoms with van der Waals surface area (Å²) in [5.74, 6) is 0.717. The molecule has 2 heterocycles. The van der Waals surface area contributed by atoms with Gasteiger partial charge in [0.15, 0.2) is 0 Å². The Morgan fingerprint density at radius 1 is 1.14 bits per heavy atom. The maximum absolute atomic E-state index is 12.0. The van der Waals surface area contributed by atoms with Gasteiger partial charge in [-0.2, -0.15) is 0 Å². The number of ether oxygens (including phenoxy) is 1. The zero-order valence-electron chi connectivity index (χ0n) is 15.4. The zero-order valence-corrected chi connectivity index (χ0v) is 16.9. The van der Waals surface area contributed by atoms with Gasteiger partial charge in [0, 0.05) is 41.7 Å². The average molecular weight is 419 g/mol. The van der Waals surface area contributed by atoms with Crippen molar-refractivity contribution in [3.63, 3.8) is 0 Å². The SMILES string of the molecule is Cn1cc(-c2cccnc2Cl)c(OCCCCc2cc(Cl)ccc2O)cc1=O. The predicted molar refractivity (Wildman–Crippen MR) is 111 cm³/mol. The normalized spacial score (nSPS) is 10.8. The first-order valence-corrected chi connectivity index (χ1v) is 9.63. The topological polar surface area (TPSA) is 64.3 Å². The summed E-state index contributed by atoms with van der Waals surface area (Å²) in [4.78, 5) is 16.1. The Kier molecular flexibility index (Phi) is 6.60. The molecule has 0 saturated heterocycles. The molecule has 7 heteroatoms. The monoisotopic (exact) mass is 418 g/mol. The molecule has 0 fully saturated rings. The Hall–Kier alpha value is -2.50. The van der Waals surface area contributed by atoms with Crippen LogP contribution in [0.3, 0.4) is 0 Å². The Balaban J connectivity index is 1.67. The van der Waals surface area contributed by atoms with Gasteiger partial charge in [0.1, 0.15) is 16.7 Å². The lowest BCUT2D eigenvalue weighted by atomic mass is 10.1. The molecule has 3 rings (SSSR count). The Labute approximate surface area is 173 Å². The highest BCUT2D eigenvalue weighted by Gasteiger charge is 2.13. The number of aromatic hydroxyl groups is 1. The maximum Gasteiger partial charge on any atom is 0.254 e. The summed E-state index contributed by atoms with van der Waals surface area (Å²) in [6.45, 7) is 0.430. The van der Waals surface area contributed by atoms with Crippen molar-refractivity contribution in [1.29, 1.82) is 0 Å². The fraction of sp³-hybridized carbons (Fsp3) is 0.238. The van der Waals surface area contributed by atoms with Crippen molar-refractivity contribution in [1.82, 2.24) is 9.55 Å². The van der Waals surface area contributed by atoms with Gasteiger partial charge in [0.05, 0.1) is 6.61 Å². The second-order valence-corrected chi connectivity index (χ2v) is 7.22. The van der Waals surface area contributed by atoms with Crippen LogP contribution < -0.4 is 10.3 Å². The molecule has 28 heavy (non-hydrogen) atoms. The molecule has 0 atom stereocenters. The lowest BCUT2D eigenvalue weighted by Crippen LogP contribution is -2.16. The van der Waals surface area contributed by atoms with E-state index >= 15 is 0 Å². The van der Waals surface area contributed by atoms with Crippen LogP contribution in [0.25, 0.3) is 11.1 Å². The summed E-state index contributed by atoms with van der Waals surface area (Å²) in [6.07, 6.45) is 5.56. The highest BCUT2D eigenvalue weighted by Crippen LogP contribution is 2.32. The number of hydrogen-bond donors (Lipinski definition) is 1. The van der Waals surface area contributed by atoms with Crippen molar-refractivity contribution >= 4 is 23.2 Å². The number of unbranched alkanes of at least 4 members (excludes halogenated alkanes) is 1. The first kappa shape index (κ1) is 20.2. The fourth-order valence-electron chi connectivity index (χ4n) is 2.88. The molecule has 0 aliphatic heterocycles. The minimum atomic E-state index is -0.164. The van der Waals surface area contributed by atoms with Gasteiger partial charge in [-0.1, -0.05) is 23.2 Å². The van der Waals surface area contributed by atoms with E-state index in [-0.39, 0.29) is 11.3 Å². The van der Waals surface area contributed by atoms with E-state index in [2.05, 4.69) is 4.98 Å². The number of benzene rings is 1. The molecule has 146 valence electrons. The van der Waals surface area contributed by atoms with E-state index in [4.69, 9.17) is 27.9 Å². The molecule has 0 bridgehead atoms. The third kappa shape index (κ3) is 4.86. The Bertz CT molecular complexity index is 1030. The molecule has 0 radical (unpaired) electrons. The van der Waals surface area contributed by atoms with E-state index in [1.165, 1.54) is 10.6 Å². The standard InChI is InChI=1S/C21H20Cl2N2O3/c1-25-13-17(16-6-4-9-24-21(16)23)19(12-20(25)27)28-10-3-2-5-14-11-15(22)7-8-18(14)26/h4,6-9,11-13,26H,2-3,5,10H2,1H3. The molecule has 3 aromatic rings. The molecule has 5 nitrogen and oxygen atoms in total. The zero-order chi connectivity index (χ0) is 20.1. The van der Waals surface area contributed by atoms with E-state index in [0.717, 1.165) is 18.4 Å². The molecule has 0 saturated carbocycles. The Morgan fingerprint density at radius 2 is 1.96 bits per heavy atom. The largest absolute Gasteiger partial charge is 0.508 e. The first-order chi connectivity index (χ1) is 13.5. The van der Waals surface area contributed by atoms with Crippen molar-refractivity contribution in [2.24, 2.45) is 7.05 Å². The van der Waals surface area contributed by atoms with E-state index in [0.29, 0.717) is 40.1 Å². The van der Waals surface area contributed by atoms with Crippen LogP contribution in [0.2, 0.25) is 10.2 Å². The molecule has 1 aromatic carbocycles. The van der Waals surface area contributed by atoms with Gasteiger partial charge >= 0.3 is 0 Å². The van der Waals surface area contributed by atoms with Crippen LogP contribution in [-0.2, 0) is 13.5 Å². The van der Waals surface area contributed by atoms with Crippen molar-refractivity contribution in [2.45, 2.75) is 19.3 Å². The third-order valence-corrected chi connectivity index (χ3v) is 4.92. The van der Waals surface area contributed by atoms with Gasteiger partial charge in [-0.3, -0.25) is 4.79 Å². The second kappa shape index (κ2) is 9.13. The smallest absolute Gasteiger partial charge is 0.254 e. The minimum absolute atomic E-state index is 0.164. The Morgan fingerprint density at radius 3 is 2.75 bits per heavy atom. The van der Waals surface area contributed by atoms with Crippen molar-refractivity contribution in [3.05, 3.63) is 74.9 Å². The molecule has 1 N–H and O–H groups in total. The second-order valence-electron chi connectivity index (χ2n) is 6.42. The van der Waals surface area contributed by atoms with Crippen molar-refractivity contribution in [3.8, 4) is 22.6 Å². The summed E-state index contributed by atoms with van der Waals surface area (Å²) < 4.78 is 7.37. The van der Waals surface area contributed by atoms with E-state index in [1.54, 1.807) is 43.7 Å². The molecular formula is C21H20Cl2N2O3. The van der Waals surface area contributed by atoms with Gasteiger partial charge < -0.3 is 14.4 Å². The maximum atomic E-state index is 12.0. The summed E-state index contributed by atoms with van der Waals surface area (Å²) in [5.41, 5.74) is 2.07. The average Bonchev–Trinajstić information content (AvgIpc) is 2.67. The van der Waals surface area contributed by atoms with Gasteiger partial charge in [-0.05, 0) is 55.2 Å². The van der Waals surface area contributed by atoms with Crippen LogP contribution in [-0.4, -0.2) is 21.3 Å². The first-order valence-electron chi connectivity index (χ1n) is 8.87. The van der Waals surface area contributed by atoms with Crippen molar-refractivity contribution in [2.75, 3.05) is 6.61 Å². The van der Waals surface area contributed by atoms with Crippen LogP contribution in [0, 0.1) is 0 Å². The van der Waals surface area contributed by atoms with E-state index in [1.807, 2.05) is 6.07 Å². The highest BCUT2D eigenvalue weighted by molar-refractivity contribution is 6.32. The van der Waals surface area contributed by atoms with Gasteiger partial charge in [0.2, 0.25) is 0 Å². The van der Waals surface area contributed by atoms with Gasteiger partial charge in [-0.15, -0.1) is 0 Å². The highest BCUT2D eigenvalue weighted by atomic mass is 35.5. The van der Waals surface area contributed by atoms with E-state index in [9.17, 15) is 9.90 Å². The van der Waals surface area contributed by atoms with Gasteiger partial charge in [0.25, 0.3) is 5.56 Å². The number of phenols is 1. The summed E-state index contributed by atoms with van der Waals surface area (Å²) in [6, 6.07) is 10.1. The summed E-state index contributed by atoms with van der Waals surface area (Å²) >= 11 is 12.2. The van der Waals surface area contributed by atoms with Crippen LogP contribution in [0.5, 0.6) is 11.5 Å². The quantitative estimate of drug-likeness (QED) is 0.439. The fourth-order valence-corrected chi connectivity index (χ4v) is 3.29. The van der Waals surface area contributed by atoms with Crippen LogP contribution in [0.1, 0.15) is 18.4 Å². The van der Waals surface area contributed by atoms with Crippen LogP contribution >= 0.6 is 23.2 Å². The predicted octanol–water partition coefficient (Wildman–Crippen LogP) is 4.86. The lowest BCUT2D eigenvalue weighted by Gasteiger charge is -2.13. The molecule has 0 spiro atoms. The molecule has 0 unspecified atom stereocenters. The number of aromatic nitrogens is 2. The van der Waals surface area contributed by atoms with E-state index < -0.39 is 0 Å². The summed E-state index contributed by atoms with van der Waals surface area (Å²) in [7, 11) is 1.68. The molecule has 0 aliphatic rings. The molecule has 0 aliphatic carbocycles. The number of rotatable bonds is 7. The third-order valence-electron chi connectivity index (χ3n) is 4.38. The number of phenolic OH excluding ortho intramolecular Hbond substituents is 1.